The number of hydrogen-bond acceptors (Lipinski definition) is 4. The average molecular weight is 424 g/mol. The number of hydrogen-bond donors (Lipinski definition) is 1. The second kappa shape index (κ2) is 8.54. The van der Waals surface area contributed by atoms with Crippen LogP contribution in [0.2, 0.25) is 18.1 Å². The Morgan fingerprint density at radius 2 is 1.83 bits per heavy atom. The van der Waals surface area contributed by atoms with Crippen molar-refractivity contribution in [2.24, 2.45) is 0 Å². The summed E-state index contributed by atoms with van der Waals surface area (Å²) < 4.78 is 6.78. The third-order valence-electron chi connectivity index (χ3n) is 7.44. The summed E-state index contributed by atoms with van der Waals surface area (Å²) >= 11 is 0. The SMILES string of the molecule is CC(C)(C)[Si](C)(C)OC[C@@H](c1ccccc1)N1[C@@H]2CCC[C@H]1[C@H](c1ccccn1)N2. The Kier molecular flexibility index (Phi) is 6.17. The molecule has 4 nitrogen and oxygen atoms in total. The second-order valence-electron chi connectivity index (χ2n) is 10.4. The average Bonchev–Trinajstić information content (AvgIpc) is 2.93. The van der Waals surface area contributed by atoms with Crippen molar-refractivity contribution in [3.8, 4) is 0 Å². The summed E-state index contributed by atoms with van der Waals surface area (Å²) in [5, 5.41) is 4.13. The first-order chi connectivity index (χ1) is 14.3. The zero-order chi connectivity index (χ0) is 21.4. The first-order valence-electron chi connectivity index (χ1n) is 11.4. The lowest BCUT2D eigenvalue weighted by molar-refractivity contribution is 0.0471. The van der Waals surface area contributed by atoms with Crippen LogP contribution in [0.4, 0.5) is 0 Å². The molecule has 2 saturated heterocycles. The zero-order valence-corrected chi connectivity index (χ0v) is 20.1. The molecule has 162 valence electrons. The highest BCUT2D eigenvalue weighted by Gasteiger charge is 2.48. The van der Waals surface area contributed by atoms with E-state index in [1.54, 1.807) is 0 Å². The number of rotatable bonds is 6. The molecule has 0 radical (unpaired) electrons. The summed E-state index contributed by atoms with van der Waals surface area (Å²) in [5.41, 5.74) is 2.52. The molecular weight excluding hydrogens is 386 g/mol. The van der Waals surface area contributed by atoms with E-state index in [1.807, 2.05) is 12.3 Å². The molecule has 2 aromatic rings. The van der Waals surface area contributed by atoms with Crippen molar-refractivity contribution >= 4 is 8.32 Å². The van der Waals surface area contributed by atoms with E-state index in [1.165, 1.54) is 24.8 Å². The molecule has 4 atom stereocenters. The molecule has 1 aromatic heterocycles. The summed E-state index contributed by atoms with van der Waals surface area (Å²) in [7, 11) is -1.83. The standard InChI is InChI=1S/C25H37N3OSi/c1-25(2,3)30(4,5)29-18-22(19-12-7-6-8-13-19)28-21-15-11-16-23(28)27-24(21)20-14-9-10-17-26-20/h6-10,12-14,17,21-24,27H,11,15-16,18H2,1-5H3/t21-,22-,23+,24-/m0/s1. The van der Waals surface area contributed by atoms with Crippen LogP contribution in [0.15, 0.2) is 54.7 Å². The Bertz CT molecular complexity index is 821. The molecule has 1 aromatic carbocycles. The van der Waals surface area contributed by atoms with Gasteiger partial charge >= 0.3 is 0 Å². The molecule has 4 rings (SSSR count). The maximum atomic E-state index is 6.78. The van der Waals surface area contributed by atoms with Crippen LogP contribution in [-0.4, -0.2) is 37.0 Å². The van der Waals surface area contributed by atoms with Crippen molar-refractivity contribution in [3.05, 3.63) is 66.0 Å². The number of fused-ring (bicyclic) bond motifs is 2. The van der Waals surface area contributed by atoms with Gasteiger partial charge in [-0.15, -0.1) is 0 Å². The van der Waals surface area contributed by atoms with E-state index in [0.29, 0.717) is 12.2 Å². The molecule has 30 heavy (non-hydrogen) atoms. The molecule has 0 unspecified atom stereocenters. The van der Waals surface area contributed by atoms with Crippen LogP contribution in [0.25, 0.3) is 0 Å². The van der Waals surface area contributed by atoms with Crippen LogP contribution < -0.4 is 5.32 Å². The second-order valence-corrected chi connectivity index (χ2v) is 15.2. The van der Waals surface area contributed by atoms with Crippen molar-refractivity contribution in [2.45, 2.75) is 82.5 Å². The van der Waals surface area contributed by atoms with Crippen LogP contribution in [0.3, 0.4) is 0 Å². The first kappa shape index (κ1) is 21.7. The molecule has 2 bridgehead atoms. The molecule has 5 heteroatoms. The first-order valence-corrected chi connectivity index (χ1v) is 14.3. The van der Waals surface area contributed by atoms with Crippen molar-refractivity contribution in [1.29, 1.82) is 0 Å². The van der Waals surface area contributed by atoms with Gasteiger partial charge in [0.25, 0.3) is 0 Å². The maximum Gasteiger partial charge on any atom is 0.192 e. The minimum Gasteiger partial charge on any atom is -0.415 e. The Morgan fingerprint density at radius 3 is 2.50 bits per heavy atom. The summed E-state index contributed by atoms with van der Waals surface area (Å²) in [6, 6.07) is 18.2. The summed E-state index contributed by atoms with van der Waals surface area (Å²) in [6.07, 6.45) is 5.95. The highest BCUT2D eigenvalue weighted by Crippen LogP contribution is 2.44. The number of nitrogens with one attached hydrogen (secondary N) is 1. The molecule has 2 aliphatic rings. The lowest BCUT2D eigenvalue weighted by Crippen LogP contribution is -2.48. The third-order valence-corrected chi connectivity index (χ3v) is 11.9. The maximum absolute atomic E-state index is 6.78. The van der Waals surface area contributed by atoms with Gasteiger partial charge in [-0.3, -0.25) is 15.2 Å². The Balaban J connectivity index is 1.64. The summed E-state index contributed by atoms with van der Waals surface area (Å²) in [6.45, 7) is 12.4. The quantitative estimate of drug-likeness (QED) is 0.608. The van der Waals surface area contributed by atoms with Crippen LogP contribution in [0, 0.1) is 0 Å². The number of benzene rings is 1. The topological polar surface area (TPSA) is 37.4 Å². The summed E-state index contributed by atoms with van der Waals surface area (Å²) in [4.78, 5) is 7.41. The molecule has 0 saturated carbocycles. The van der Waals surface area contributed by atoms with Gasteiger partial charge in [0.15, 0.2) is 8.32 Å². The predicted octanol–water partition coefficient (Wildman–Crippen LogP) is 5.67. The van der Waals surface area contributed by atoms with Gasteiger partial charge in [-0.2, -0.15) is 0 Å². The molecule has 0 spiro atoms. The Hall–Kier alpha value is -1.53. The normalized spacial score (nSPS) is 26.0. The van der Waals surface area contributed by atoms with Crippen LogP contribution >= 0.6 is 0 Å². The van der Waals surface area contributed by atoms with E-state index in [-0.39, 0.29) is 17.1 Å². The van der Waals surface area contributed by atoms with Gasteiger partial charge in [0.1, 0.15) is 0 Å². The minimum atomic E-state index is -1.83. The highest BCUT2D eigenvalue weighted by atomic mass is 28.4. The van der Waals surface area contributed by atoms with Gasteiger partial charge in [-0.1, -0.05) is 57.2 Å². The molecule has 2 aliphatic heterocycles. The fraction of sp³-hybridized carbons (Fsp3) is 0.560. The summed E-state index contributed by atoms with van der Waals surface area (Å²) in [5.74, 6) is 0. The van der Waals surface area contributed by atoms with Gasteiger partial charge in [0.2, 0.25) is 0 Å². The molecule has 0 amide bonds. The Morgan fingerprint density at radius 1 is 1.10 bits per heavy atom. The molecule has 3 heterocycles. The van der Waals surface area contributed by atoms with Crippen molar-refractivity contribution < 1.29 is 4.43 Å². The van der Waals surface area contributed by atoms with E-state index in [4.69, 9.17) is 9.41 Å². The molecule has 2 fully saturated rings. The predicted molar refractivity (Wildman–Crippen MR) is 126 cm³/mol. The largest absolute Gasteiger partial charge is 0.415 e. The van der Waals surface area contributed by atoms with Gasteiger partial charge in [-0.25, -0.2) is 0 Å². The monoisotopic (exact) mass is 423 g/mol. The molecule has 0 aliphatic carbocycles. The number of piperidine rings is 1. The van der Waals surface area contributed by atoms with Crippen LogP contribution in [0.5, 0.6) is 0 Å². The number of aromatic nitrogens is 1. The van der Waals surface area contributed by atoms with E-state index >= 15 is 0 Å². The van der Waals surface area contributed by atoms with Gasteiger partial charge < -0.3 is 4.43 Å². The number of nitrogens with zero attached hydrogens (tertiary/aromatic N) is 2. The van der Waals surface area contributed by atoms with Crippen molar-refractivity contribution in [3.63, 3.8) is 0 Å². The smallest absolute Gasteiger partial charge is 0.192 e. The van der Waals surface area contributed by atoms with Crippen LogP contribution in [0.1, 0.15) is 63.4 Å². The van der Waals surface area contributed by atoms with Crippen molar-refractivity contribution in [1.82, 2.24) is 15.2 Å². The van der Waals surface area contributed by atoms with E-state index in [2.05, 4.69) is 86.5 Å². The van der Waals surface area contributed by atoms with Gasteiger partial charge in [0.05, 0.1) is 30.6 Å². The van der Waals surface area contributed by atoms with E-state index in [9.17, 15) is 0 Å². The molecular formula is C25H37N3OSi. The number of pyridine rings is 1. The van der Waals surface area contributed by atoms with Gasteiger partial charge in [0, 0.05) is 12.2 Å². The third kappa shape index (κ3) is 4.26. The Labute approximate surface area is 183 Å². The van der Waals surface area contributed by atoms with E-state index in [0.717, 1.165) is 12.3 Å². The zero-order valence-electron chi connectivity index (χ0n) is 19.1. The lowest BCUT2D eigenvalue weighted by atomic mass is 9.93. The van der Waals surface area contributed by atoms with Gasteiger partial charge in [-0.05, 0) is 55.1 Å². The van der Waals surface area contributed by atoms with Crippen molar-refractivity contribution in [2.75, 3.05) is 6.61 Å². The lowest BCUT2D eigenvalue weighted by Gasteiger charge is -2.43. The highest BCUT2D eigenvalue weighted by molar-refractivity contribution is 6.74. The van der Waals surface area contributed by atoms with E-state index < -0.39 is 8.32 Å². The fourth-order valence-corrected chi connectivity index (χ4v) is 5.71. The molecule has 1 N–H and O–H groups in total. The fourth-order valence-electron chi connectivity index (χ4n) is 4.70. The minimum absolute atomic E-state index is 0.212. The van der Waals surface area contributed by atoms with Crippen LogP contribution in [-0.2, 0) is 4.43 Å².